The van der Waals surface area contributed by atoms with Crippen LogP contribution in [0.15, 0.2) is 47.9 Å². The van der Waals surface area contributed by atoms with Gasteiger partial charge in [0.2, 0.25) is 11.9 Å². The molecule has 2 aromatic heterocycles. The Bertz CT molecular complexity index is 1190. The third kappa shape index (κ3) is 6.58. The summed E-state index contributed by atoms with van der Waals surface area (Å²) in [7, 11) is 0. The van der Waals surface area contributed by atoms with Gasteiger partial charge in [0.05, 0.1) is 0 Å². The number of hydrogen-bond acceptors (Lipinski definition) is 6. The van der Waals surface area contributed by atoms with Crippen LogP contribution in [-0.4, -0.2) is 39.6 Å². The lowest BCUT2D eigenvalue weighted by Gasteiger charge is -2.27. The summed E-state index contributed by atoms with van der Waals surface area (Å²) in [5.41, 5.74) is 7.65. The van der Waals surface area contributed by atoms with E-state index in [-0.39, 0.29) is 23.5 Å². The molecule has 0 saturated heterocycles. The number of rotatable bonds is 11. The molecule has 2 heterocycles. The largest absolute Gasteiger partial charge is 0.405 e. The van der Waals surface area contributed by atoms with Crippen molar-refractivity contribution >= 4 is 23.3 Å². The topological polar surface area (TPSA) is 122 Å². The summed E-state index contributed by atoms with van der Waals surface area (Å²) in [6.45, 7) is 5.71. The van der Waals surface area contributed by atoms with Gasteiger partial charge in [-0.05, 0) is 99.7 Å². The summed E-state index contributed by atoms with van der Waals surface area (Å²) in [6, 6.07) is 4.12. The molecule has 2 amide bonds. The Morgan fingerprint density at radius 3 is 2.43 bits per heavy atom. The molecule has 2 aliphatic rings. The first-order chi connectivity index (χ1) is 17.8. The quantitative estimate of drug-likeness (QED) is 0.314. The fourth-order valence-corrected chi connectivity index (χ4v) is 4.87. The summed E-state index contributed by atoms with van der Waals surface area (Å²) in [4.78, 5) is 39.2. The molecule has 0 aromatic carbocycles. The molecule has 2 saturated carbocycles. The summed E-state index contributed by atoms with van der Waals surface area (Å²) in [6.07, 6.45) is 10.8. The maximum absolute atomic E-state index is 15.1. The molecule has 2 aromatic rings. The smallest absolute Gasteiger partial charge is 0.270 e. The van der Waals surface area contributed by atoms with Crippen molar-refractivity contribution in [3.05, 3.63) is 54.4 Å². The number of nitrogens with two attached hydrogens (primary N) is 1. The van der Waals surface area contributed by atoms with E-state index in [1.54, 1.807) is 24.5 Å². The maximum atomic E-state index is 15.1. The van der Waals surface area contributed by atoms with E-state index < -0.39 is 23.8 Å². The molecular formula is C28H35FN6O2. The molecule has 2 aliphatic carbocycles. The van der Waals surface area contributed by atoms with E-state index in [0.29, 0.717) is 23.0 Å². The van der Waals surface area contributed by atoms with Crippen LogP contribution in [0, 0.1) is 23.7 Å². The van der Waals surface area contributed by atoms with E-state index in [0.717, 1.165) is 37.7 Å². The molecule has 1 unspecified atom stereocenters. The van der Waals surface area contributed by atoms with Crippen molar-refractivity contribution in [3.63, 3.8) is 0 Å². The number of amides is 2. The average molecular weight is 507 g/mol. The number of anilines is 1. The number of aryl methyl sites for hydroxylation is 1. The Morgan fingerprint density at radius 2 is 1.86 bits per heavy atom. The molecular weight excluding hydrogens is 471 g/mol. The fraction of sp³-hybridized carbons (Fsp3) is 0.464. The molecule has 0 bridgehead atoms. The van der Waals surface area contributed by atoms with Gasteiger partial charge in [-0.1, -0.05) is 6.92 Å². The van der Waals surface area contributed by atoms with Gasteiger partial charge < -0.3 is 16.4 Å². The third-order valence-electron chi connectivity index (χ3n) is 6.85. The highest BCUT2D eigenvalue weighted by Crippen LogP contribution is 2.50. The number of halogens is 1. The minimum atomic E-state index is -0.786. The van der Waals surface area contributed by atoms with E-state index in [1.807, 2.05) is 26.8 Å². The van der Waals surface area contributed by atoms with Crippen LogP contribution in [0.2, 0.25) is 0 Å². The van der Waals surface area contributed by atoms with E-state index in [1.165, 1.54) is 12.3 Å². The number of hydrogen-bond donors (Lipinski definition) is 3. The Labute approximate surface area is 217 Å². The van der Waals surface area contributed by atoms with Crippen molar-refractivity contribution in [2.75, 3.05) is 5.32 Å². The second-order valence-corrected chi connectivity index (χ2v) is 10.1. The normalized spacial score (nSPS) is 16.9. The number of aromatic nitrogens is 2. The van der Waals surface area contributed by atoms with Gasteiger partial charge in [0.15, 0.2) is 0 Å². The number of carbonyl (C=O) groups excluding carboxylic acids is 2. The van der Waals surface area contributed by atoms with Crippen molar-refractivity contribution in [1.29, 1.82) is 0 Å². The first-order valence-corrected chi connectivity index (χ1v) is 13.0. The lowest BCUT2D eigenvalue weighted by molar-refractivity contribution is -0.124. The van der Waals surface area contributed by atoms with Gasteiger partial charge in [-0.15, -0.1) is 0 Å². The second kappa shape index (κ2) is 11.6. The maximum Gasteiger partial charge on any atom is 0.270 e. The zero-order valence-electron chi connectivity index (χ0n) is 21.6. The number of pyridine rings is 2. The van der Waals surface area contributed by atoms with E-state index >= 15 is 4.39 Å². The van der Waals surface area contributed by atoms with E-state index in [2.05, 4.69) is 25.6 Å². The Balaban J connectivity index is 1.57. The van der Waals surface area contributed by atoms with Gasteiger partial charge in [0.25, 0.3) is 5.91 Å². The lowest BCUT2D eigenvalue weighted by atomic mass is 9.88. The van der Waals surface area contributed by atoms with Crippen molar-refractivity contribution in [3.8, 4) is 11.1 Å². The molecule has 0 radical (unpaired) electrons. The van der Waals surface area contributed by atoms with Crippen LogP contribution in [0.4, 0.5) is 10.2 Å². The van der Waals surface area contributed by atoms with Crippen molar-refractivity contribution < 1.29 is 14.0 Å². The van der Waals surface area contributed by atoms with Crippen LogP contribution >= 0.6 is 0 Å². The predicted molar refractivity (Wildman–Crippen MR) is 142 cm³/mol. The second-order valence-electron chi connectivity index (χ2n) is 10.1. The lowest BCUT2D eigenvalue weighted by Crippen LogP contribution is -2.51. The van der Waals surface area contributed by atoms with Crippen LogP contribution in [0.25, 0.3) is 11.1 Å². The van der Waals surface area contributed by atoms with E-state index in [9.17, 15) is 9.59 Å². The highest BCUT2D eigenvalue weighted by Gasteiger charge is 2.48. The van der Waals surface area contributed by atoms with Gasteiger partial charge >= 0.3 is 0 Å². The molecule has 1 atom stereocenters. The van der Waals surface area contributed by atoms with Crippen molar-refractivity contribution in [2.45, 2.75) is 65.0 Å². The van der Waals surface area contributed by atoms with Crippen LogP contribution in [-0.2, 0) is 16.0 Å². The van der Waals surface area contributed by atoms with Crippen LogP contribution in [0.5, 0.6) is 0 Å². The van der Waals surface area contributed by atoms with Crippen LogP contribution in [0.1, 0.15) is 52.0 Å². The zero-order valence-corrected chi connectivity index (χ0v) is 21.6. The summed E-state index contributed by atoms with van der Waals surface area (Å²) in [5.74, 6) is -0.698. The minimum Gasteiger partial charge on any atom is -0.405 e. The van der Waals surface area contributed by atoms with Gasteiger partial charge in [0.1, 0.15) is 17.6 Å². The molecule has 196 valence electrons. The fourth-order valence-electron chi connectivity index (χ4n) is 4.87. The van der Waals surface area contributed by atoms with Crippen molar-refractivity contribution in [1.82, 2.24) is 15.3 Å². The first-order valence-electron chi connectivity index (χ1n) is 13.0. The number of nitrogens with zero attached hydrogens (tertiary/aromatic N) is 3. The molecule has 37 heavy (non-hydrogen) atoms. The summed E-state index contributed by atoms with van der Waals surface area (Å²) < 4.78 is 15.1. The molecule has 4 N–H and O–H groups in total. The highest BCUT2D eigenvalue weighted by molar-refractivity contribution is 6.43. The molecule has 2 fully saturated rings. The molecule has 4 rings (SSSR count). The minimum absolute atomic E-state index is 0.0118. The Hall–Kier alpha value is -3.62. The van der Waals surface area contributed by atoms with Gasteiger partial charge in [-0.3, -0.25) is 19.6 Å². The number of carbonyl (C=O) groups is 2. The van der Waals surface area contributed by atoms with Crippen LogP contribution < -0.4 is 16.4 Å². The monoisotopic (exact) mass is 506 g/mol. The number of aliphatic imine (C=N–C) groups is 1. The van der Waals surface area contributed by atoms with Gasteiger partial charge in [0, 0.05) is 29.6 Å². The zero-order chi connectivity index (χ0) is 26.5. The summed E-state index contributed by atoms with van der Waals surface area (Å²) >= 11 is 0. The summed E-state index contributed by atoms with van der Waals surface area (Å²) in [5, 5.41) is 5.67. The molecule has 9 heteroatoms. The first kappa shape index (κ1) is 26.4. The van der Waals surface area contributed by atoms with Gasteiger partial charge in [-0.25, -0.2) is 4.98 Å². The van der Waals surface area contributed by atoms with Crippen LogP contribution in [0.3, 0.4) is 0 Å². The SMILES string of the molecule is CCc1ccncc1-c1ccc(NC(=O)C(NC(=O)C(C=CN)=NC(C)C)C(C2CC2)C2CC2)nc1F. The van der Waals surface area contributed by atoms with Gasteiger partial charge in [-0.2, -0.15) is 4.39 Å². The standard InChI is InChI=1S/C28H35FN6O2/c1-4-17-12-14-31-15-21(17)20-9-10-23(33-26(20)29)34-28(37)25(24(18-5-6-18)19-7-8-19)35-27(36)22(11-13-30)32-16(2)3/h9-16,18-19,24-25H,4-8,30H2,1-3H3,(H,35,36)(H,33,34,37). The van der Waals surface area contributed by atoms with E-state index in [4.69, 9.17) is 5.73 Å². The predicted octanol–water partition coefficient (Wildman–Crippen LogP) is 4.03. The Morgan fingerprint density at radius 1 is 1.16 bits per heavy atom. The number of nitrogens with one attached hydrogen (secondary N) is 2. The molecule has 0 aliphatic heterocycles. The van der Waals surface area contributed by atoms with Crippen molar-refractivity contribution in [2.24, 2.45) is 28.5 Å². The average Bonchev–Trinajstić information content (AvgIpc) is 3.79. The highest BCUT2D eigenvalue weighted by atomic mass is 19.1. The third-order valence-corrected chi connectivity index (χ3v) is 6.85. The molecule has 0 spiro atoms. The molecule has 8 nitrogen and oxygen atoms in total. The Kier molecular flexibility index (Phi) is 8.31.